The van der Waals surface area contributed by atoms with Gasteiger partial charge in [-0.15, -0.1) is 0 Å². The molecule has 3 aliphatic rings. The van der Waals surface area contributed by atoms with Crippen LogP contribution in [0.2, 0.25) is 0 Å². The standard InChI is InChI=1S/C27H35BrN6O3/c1-2-37-27(35)20-17-21(34-11-9-19(10-12-34)33-13-15-36-16-14-33)24(25(29)18-5-3-6-18)26(30-20)32-23-8-4-7-22(28)31-23/h4,7-8,17-19,29H,2-3,5-6,9-16H2,1H3,(H,30,31,32). The number of nitrogens with one attached hydrogen (secondary N) is 2. The summed E-state index contributed by atoms with van der Waals surface area (Å²) in [6.45, 7) is 7.35. The summed E-state index contributed by atoms with van der Waals surface area (Å²) in [6.07, 6.45) is 5.21. The number of aromatic nitrogens is 2. The van der Waals surface area contributed by atoms with Gasteiger partial charge in [-0.05, 0) is 66.7 Å². The van der Waals surface area contributed by atoms with Crippen molar-refractivity contribution in [3.63, 3.8) is 0 Å². The maximum absolute atomic E-state index is 12.9. The van der Waals surface area contributed by atoms with Gasteiger partial charge in [-0.3, -0.25) is 4.90 Å². The Bertz CT molecular complexity index is 1130. The van der Waals surface area contributed by atoms with Gasteiger partial charge >= 0.3 is 5.97 Å². The van der Waals surface area contributed by atoms with Crippen LogP contribution in [0.25, 0.3) is 0 Å². The van der Waals surface area contributed by atoms with E-state index in [1.54, 1.807) is 6.92 Å². The normalized spacial score (nSPS) is 19.4. The molecule has 2 aromatic heterocycles. The van der Waals surface area contributed by atoms with Crippen molar-refractivity contribution < 1.29 is 14.3 Å². The number of hydrogen-bond donors (Lipinski definition) is 2. The van der Waals surface area contributed by atoms with E-state index < -0.39 is 5.97 Å². The predicted molar refractivity (Wildman–Crippen MR) is 147 cm³/mol. The van der Waals surface area contributed by atoms with E-state index in [0.29, 0.717) is 28.0 Å². The number of rotatable bonds is 8. The molecule has 0 spiro atoms. The minimum absolute atomic E-state index is 0.205. The van der Waals surface area contributed by atoms with Gasteiger partial charge in [0.15, 0.2) is 5.69 Å². The first kappa shape index (κ1) is 26.1. The molecule has 1 aliphatic carbocycles. The first-order valence-corrected chi connectivity index (χ1v) is 14.1. The molecule has 4 heterocycles. The number of ether oxygens (including phenoxy) is 2. The molecule has 0 aromatic carbocycles. The summed E-state index contributed by atoms with van der Waals surface area (Å²) in [5.41, 5.74) is 2.48. The fourth-order valence-corrected chi connectivity index (χ4v) is 5.71. The zero-order valence-corrected chi connectivity index (χ0v) is 22.9. The fraction of sp³-hybridized carbons (Fsp3) is 0.556. The van der Waals surface area contributed by atoms with Crippen molar-refractivity contribution in [3.8, 4) is 0 Å². The largest absolute Gasteiger partial charge is 0.461 e. The van der Waals surface area contributed by atoms with E-state index in [-0.39, 0.29) is 18.2 Å². The van der Waals surface area contributed by atoms with Crippen LogP contribution >= 0.6 is 15.9 Å². The lowest BCUT2D eigenvalue weighted by molar-refractivity contribution is 0.0115. The van der Waals surface area contributed by atoms with Gasteiger partial charge in [-0.25, -0.2) is 14.8 Å². The molecule has 5 rings (SSSR count). The zero-order chi connectivity index (χ0) is 25.8. The van der Waals surface area contributed by atoms with Crippen LogP contribution in [0.5, 0.6) is 0 Å². The Balaban J connectivity index is 1.51. The summed E-state index contributed by atoms with van der Waals surface area (Å²) in [5, 5.41) is 12.5. The predicted octanol–water partition coefficient (Wildman–Crippen LogP) is 4.63. The Kier molecular flexibility index (Phi) is 8.36. The van der Waals surface area contributed by atoms with Crippen molar-refractivity contribution in [1.29, 1.82) is 5.41 Å². The molecule has 0 bridgehead atoms. The van der Waals surface area contributed by atoms with Crippen molar-refractivity contribution in [3.05, 3.63) is 40.1 Å². The number of nitrogens with zero attached hydrogens (tertiary/aromatic N) is 4. The second-order valence-electron chi connectivity index (χ2n) is 9.85. The molecule has 2 saturated heterocycles. The van der Waals surface area contributed by atoms with Crippen molar-refractivity contribution >= 4 is 44.9 Å². The summed E-state index contributed by atoms with van der Waals surface area (Å²) in [7, 11) is 0. The highest BCUT2D eigenvalue weighted by Gasteiger charge is 2.33. The molecule has 1 saturated carbocycles. The summed E-state index contributed by atoms with van der Waals surface area (Å²) in [5.74, 6) is 0.829. The summed E-state index contributed by atoms with van der Waals surface area (Å²) in [6, 6.07) is 7.96. The number of carbonyl (C=O) groups is 1. The molecule has 2 aliphatic heterocycles. The van der Waals surface area contributed by atoms with E-state index in [1.165, 1.54) is 0 Å². The molecular formula is C27H35BrN6O3. The smallest absolute Gasteiger partial charge is 0.357 e. The van der Waals surface area contributed by atoms with Gasteiger partial charge in [0.05, 0.1) is 31.1 Å². The lowest BCUT2D eigenvalue weighted by Gasteiger charge is -2.41. The van der Waals surface area contributed by atoms with Crippen LogP contribution in [-0.4, -0.2) is 78.6 Å². The van der Waals surface area contributed by atoms with Crippen LogP contribution in [0, 0.1) is 11.3 Å². The summed E-state index contributed by atoms with van der Waals surface area (Å²) in [4.78, 5) is 26.9. The van der Waals surface area contributed by atoms with Crippen LogP contribution in [0.4, 0.5) is 17.3 Å². The zero-order valence-electron chi connectivity index (χ0n) is 21.3. The molecule has 2 aromatic rings. The number of piperidine rings is 1. The Morgan fingerprint density at radius 3 is 2.57 bits per heavy atom. The third kappa shape index (κ3) is 5.97. The van der Waals surface area contributed by atoms with Crippen molar-refractivity contribution in [2.24, 2.45) is 5.92 Å². The number of halogens is 1. The van der Waals surface area contributed by atoms with Crippen LogP contribution in [0.1, 0.15) is 55.1 Å². The first-order valence-electron chi connectivity index (χ1n) is 13.3. The fourth-order valence-electron chi connectivity index (χ4n) is 5.36. The molecular weight excluding hydrogens is 536 g/mol. The second kappa shape index (κ2) is 11.9. The number of carbonyl (C=O) groups excluding carboxylic acids is 1. The quantitative estimate of drug-likeness (QED) is 0.269. The van der Waals surface area contributed by atoms with Gasteiger partial charge < -0.3 is 25.1 Å². The summed E-state index contributed by atoms with van der Waals surface area (Å²) < 4.78 is 11.6. The molecule has 10 heteroatoms. The van der Waals surface area contributed by atoms with Crippen molar-refractivity contribution in [2.45, 2.75) is 45.1 Å². The van der Waals surface area contributed by atoms with E-state index >= 15 is 0 Å². The van der Waals surface area contributed by atoms with Crippen LogP contribution in [0.3, 0.4) is 0 Å². The van der Waals surface area contributed by atoms with Crippen molar-refractivity contribution in [1.82, 2.24) is 14.9 Å². The van der Waals surface area contributed by atoms with E-state index in [4.69, 9.17) is 14.5 Å². The minimum Gasteiger partial charge on any atom is -0.461 e. The third-order valence-electron chi connectivity index (χ3n) is 7.59. The molecule has 9 nitrogen and oxygen atoms in total. The Hall–Kier alpha value is -2.56. The molecule has 0 amide bonds. The van der Waals surface area contributed by atoms with Crippen LogP contribution in [-0.2, 0) is 9.47 Å². The van der Waals surface area contributed by atoms with E-state index in [1.807, 2.05) is 24.3 Å². The molecule has 2 N–H and O–H groups in total. The average Bonchev–Trinajstić information content (AvgIpc) is 2.88. The maximum Gasteiger partial charge on any atom is 0.357 e. The van der Waals surface area contributed by atoms with E-state index in [9.17, 15) is 10.2 Å². The van der Waals surface area contributed by atoms with E-state index in [0.717, 1.165) is 82.7 Å². The van der Waals surface area contributed by atoms with Gasteiger partial charge in [0, 0.05) is 43.9 Å². The molecule has 0 atom stereocenters. The number of anilines is 3. The highest BCUT2D eigenvalue weighted by Crippen LogP contribution is 2.38. The van der Waals surface area contributed by atoms with Crippen LogP contribution < -0.4 is 10.2 Å². The summed E-state index contributed by atoms with van der Waals surface area (Å²) >= 11 is 3.43. The SMILES string of the molecule is CCOC(=O)c1cc(N2CCC(N3CCOCC3)CC2)c(C(=N)C2CCC2)c(Nc2cccc(Br)n2)n1. The van der Waals surface area contributed by atoms with Crippen LogP contribution in [0.15, 0.2) is 28.9 Å². The maximum atomic E-state index is 12.9. The molecule has 37 heavy (non-hydrogen) atoms. The Morgan fingerprint density at radius 2 is 1.92 bits per heavy atom. The van der Waals surface area contributed by atoms with Crippen molar-refractivity contribution in [2.75, 3.05) is 56.2 Å². The third-order valence-corrected chi connectivity index (χ3v) is 8.04. The minimum atomic E-state index is -0.459. The molecule has 3 fully saturated rings. The monoisotopic (exact) mass is 570 g/mol. The lowest BCUT2D eigenvalue weighted by atomic mass is 9.79. The first-order chi connectivity index (χ1) is 18.0. The average molecular weight is 572 g/mol. The number of morpholine rings is 1. The Morgan fingerprint density at radius 1 is 1.16 bits per heavy atom. The molecule has 0 unspecified atom stereocenters. The molecule has 0 radical (unpaired) electrons. The number of hydrogen-bond acceptors (Lipinski definition) is 9. The highest BCUT2D eigenvalue weighted by atomic mass is 79.9. The number of esters is 1. The van der Waals surface area contributed by atoms with Gasteiger partial charge in [0.1, 0.15) is 16.2 Å². The van der Waals surface area contributed by atoms with E-state index in [2.05, 4.69) is 36.0 Å². The van der Waals surface area contributed by atoms with Gasteiger partial charge in [0.2, 0.25) is 0 Å². The second-order valence-corrected chi connectivity index (χ2v) is 10.7. The lowest BCUT2D eigenvalue weighted by Crippen LogP contribution is -2.49. The van der Waals surface area contributed by atoms with Gasteiger partial charge in [0.25, 0.3) is 0 Å². The molecule has 198 valence electrons. The Labute approximate surface area is 226 Å². The highest BCUT2D eigenvalue weighted by molar-refractivity contribution is 9.10. The van der Waals surface area contributed by atoms with Gasteiger partial charge in [-0.1, -0.05) is 12.5 Å². The topological polar surface area (TPSA) is 104 Å². The van der Waals surface area contributed by atoms with Gasteiger partial charge in [-0.2, -0.15) is 0 Å². The number of pyridine rings is 2.